The summed E-state index contributed by atoms with van der Waals surface area (Å²) in [5.41, 5.74) is 0.116. The number of amides is 2. The second kappa shape index (κ2) is 11.2. The van der Waals surface area contributed by atoms with Crippen LogP contribution >= 0.6 is 0 Å². The maximum absolute atomic E-state index is 14.1. The lowest BCUT2D eigenvalue weighted by Gasteiger charge is -2.42. The first kappa shape index (κ1) is 27.1. The van der Waals surface area contributed by atoms with Gasteiger partial charge < -0.3 is 30.0 Å². The monoisotopic (exact) mass is 512 g/mol. The van der Waals surface area contributed by atoms with Crippen LogP contribution in [0.5, 0.6) is 0 Å². The quantitative estimate of drug-likeness (QED) is 0.492. The first-order chi connectivity index (χ1) is 17.5. The zero-order valence-electron chi connectivity index (χ0n) is 22.5. The summed E-state index contributed by atoms with van der Waals surface area (Å²) in [6.07, 6.45) is 3.38. The standard InChI is InChI=1S/C27H40N6O4/c1-17(2)14-33(19-9-18(10-28-11-19)24(35)32-15-20(34)16-32)25(36)22-13-30-26(27(3,4)5)31-23(22)29-12-21-7-6-8-37-21/h6-8,13,17-20,28,34H,9-12,14-16H2,1-5H3,(H,29,30,31)/t18-,19+/m1/s1. The number of nitrogens with one attached hydrogen (secondary N) is 2. The van der Waals surface area contributed by atoms with Gasteiger partial charge in [0.2, 0.25) is 5.91 Å². The molecule has 0 aliphatic carbocycles. The van der Waals surface area contributed by atoms with Crippen LogP contribution in [0, 0.1) is 11.8 Å². The van der Waals surface area contributed by atoms with E-state index in [0.29, 0.717) is 62.9 Å². The number of carbonyl (C=O) groups is 2. The predicted octanol–water partition coefficient (Wildman–Crippen LogP) is 2.26. The molecule has 0 unspecified atom stereocenters. The Bertz CT molecular complexity index is 1080. The van der Waals surface area contributed by atoms with Crippen LogP contribution in [-0.2, 0) is 16.8 Å². The van der Waals surface area contributed by atoms with Gasteiger partial charge in [-0.2, -0.15) is 0 Å². The maximum atomic E-state index is 14.1. The third kappa shape index (κ3) is 6.48. The molecule has 2 amide bonds. The largest absolute Gasteiger partial charge is 0.467 e. The molecule has 4 heterocycles. The molecule has 2 aromatic heterocycles. The number of aromatic nitrogens is 2. The van der Waals surface area contributed by atoms with Gasteiger partial charge in [0.15, 0.2) is 0 Å². The number of hydrogen-bond donors (Lipinski definition) is 3. The summed E-state index contributed by atoms with van der Waals surface area (Å²) >= 11 is 0. The van der Waals surface area contributed by atoms with Crippen LogP contribution in [0.15, 0.2) is 29.0 Å². The molecule has 0 radical (unpaired) electrons. The highest BCUT2D eigenvalue weighted by atomic mass is 16.3. The van der Waals surface area contributed by atoms with E-state index in [1.165, 1.54) is 0 Å². The summed E-state index contributed by atoms with van der Waals surface area (Å²) in [5, 5.41) is 16.3. The van der Waals surface area contributed by atoms with Crippen molar-refractivity contribution >= 4 is 17.6 Å². The van der Waals surface area contributed by atoms with E-state index in [2.05, 4.69) is 29.5 Å². The van der Waals surface area contributed by atoms with E-state index >= 15 is 0 Å². The van der Waals surface area contributed by atoms with Crippen molar-refractivity contribution in [3.05, 3.63) is 41.7 Å². The van der Waals surface area contributed by atoms with Crippen molar-refractivity contribution in [3.63, 3.8) is 0 Å². The van der Waals surface area contributed by atoms with Crippen molar-refractivity contribution in [1.82, 2.24) is 25.1 Å². The third-order valence-electron chi connectivity index (χ3n) is 6.81. The zero-order chi connectivity index (χ0) is 26.7. The number of carbonyl (C=O) groups excluding carboxylic acids is 2. The molecule has 4 rings (SSSR count). The van der Waals surface area contributed by atoms with Crippen LogP contribution in [0.3, 0.4) is 0 Å². The molecule has 10 heteroatoms. The average molecular weight is 513 g/mol. The van der Waals surface area contributed by atoms with E-state index in [1.807, 2.05) is 37.8 Å². The lowest BCUT2D eigenvalue weighted by atomic mass is 9.91. The van der Waals surface area contributed by atoms with E-state index in [4.69, 9.17) is 9.40 Å². The Morgan fingerprint density at radius 2 is 2.05 bits per heavy atom. The minimum Gasteiger partial charge on any atom is -0.467 e. The van der Waals surface area contributed by atoms with Crippen molar-refractivity contribution in [2.75, 3.05) is 38.0 Å². The van der Waals surface area contributed by atoms with Gasteiger partial charge in [-0.1, -0.05) is 34.6 Å². The summed E-state index contributed by atoms with van der Waals surface area (Å²) in [5.74, 6) is 1.74. The van der Waals surface area contributed by atoms with Crippen LogP contribution in [-0.4, -0.2) is 81.6 Å². The topological polar surface area (TPSA) is 124 Å². The summed E-state index contributed by atoms with van der Waals surface area (Å²) in [7, 11) is 0. The van der Waals surface area contributed by atoms with Crippen LogP contribution in [0.1, 0.15) is 63.0 Å². The van der Waals surface area contributed by atoms with Gasteiger partial charge in [-0.15, -0.1) is 0 Å². The van der Waals surface area contributed by atoms with Crippen molar-refractivity contribution in [2.45, 2.75) is 65.1 Å². The van der Waals surface area contributed by atoms with E-state index in [-0.39, 0.29) is 35.1 Å². The summed E-state index contributed by atoms with van der Waals surface area (Å²) in [6, 6.07) is 3.54. The fraction of sp³-hybridized carbons (Fsp3) is 0.630. The van der Waals surface area contributed by atoms with Crippen molar-refractivity contribution < 1.29 is 19.1 Å². The lowest BCUT2D eigenvalue weighted by molar-refractivity contribution is -0.146. The van der Waals surface area contributed by atoms with Gasteiger partial charge in [-0.25, -0.2) is 9.97 Å². The fourth-order valence-electron chi connectivity index (χ4n) is 4.80. The van der Waals surface area contributed by atoms with Crippen LogP contribution < -0.4 is 10.6 Å². The Morgan fingerprint density at radius 1 is 1.30 bits per heavy atom. The zero-order valence-corrected chi connectivity index (χ0v) is 22.5. The molecule has 10 nitrogen and oxygen atoms in total. The Kier molecular flexibility index (Phi) is 8.18. The van der Waals surface area contributed by atoms with Gasteiger partial charge in [-0.3, -0.25) is 9.59 Å². The molecule has 0 spiro atoms. The van der Waals surface area contributed by atoms with Gasteiger partial charge in [0, 0.05) is 50.4 Å². The molecule has 37 heavy (non-hydrogen) atoms. The van der Waals surface area contributed by atoms with Gasteiger partial charge in [-0.05, 0) is 24.5 Å². The molecule has 3 N–H and O–H groups in total. The predicted molar refractivity (Wildman–Crippen MR) is 140 cm³/mol. The van der Waals surface area contributed by atoms with Crippen molar-refractivity contribution in [3.8, 4) is 0 Å². The summed E-state index contributed by atoms with van der Waals surface area (Å²) < 4.78 is 5.46. The number of furan rings is 1. The minimum absolute atomic E-state index is 0.0399. The van der Waals surface area contributed by atoms with Crippen LogP contribution in [0.2, 0.25) is 0 Å². The second-order valence-electron chi connectivity index (χ2n) is 11.6. The van der Waals surface area contributed by atoms with E-state index in [0.717, 1.165) is 5.76 Å². The van der Waals surface area contributed by atoms with Crippen LogP contribution in [0.4, 0.5) is 5.82 Å². The van der Waals surface area contributed by atoms with Gasteiger partial charge in [0.1, 0.15) is 23.0 Å². The maximum Gasteiger partial charge on any atom is 0.259 e. The molecule has 202 valence electrons. The van der Waals surface area contributed by atoms with Gasteiger partial charge in [0.05, 0.1) is 24.8 Å². The number of nitrogens with zero attached hydrogens (tertiary/aromatic N) is 4. The molecule has 2 aliphatic rings. The highest BCUT2D eigenvalue weighted by Gasteiger charge is 2.39. The normalized spacial score (nSPS) is 20.6. The molecule has 2 aromatic rings. The number of anilines is 1. The smallest absolute Gasteiger partial charge is 0.259 e. The first-order valence-corrected chi connectivity index (χ1v) is 13.1. The lowest BCUT2D eigenvalue weighted by Crippen LogP contribution is -2.59. The van der Waals surface area contributed by atoms with Crippen LogP contribution in [0.25, 0.3) is 0 Å². The second-order valence-corrected chi connectivity index (χ2v) is 11.6. The fourth-order valence-corrected chi connectivity index (χ4v) is 4.80. The van der Waals surface area contributed by atoms with E-state index in [1.54, 1.807) is 17.4 Å². The van der Waals surface area contributed by atoms with Crippen molar-refractivity contribution in [2.24, 2.45) is 11.8 Å². The molecular weight excluding hydrogens is 472 g/mol. The summed E-state index contributed by atoms with van der Waals surface area (Å²) in [6.45, 7) is 13.2. The number of hydrogen-bond acceptors (Lipinski definition) is 8. The molecule has 2 aliphatic heterocycles. The third-order valence-corrected chi connectivity index (χ3v) is 6.81. The van der Waals surface area contributed by atoms with Gasteiger partial charge in [0.25, 0.3) is 5.91 Å². The minimum atomic E-state index is -0.432. The first-order valence-electron chi connectivity index (χ1n) is 13.1. The number of aliphatic hydroxyl groups is 1. The summed E-state index contributed by atoms with van der Waals surface area (Å²) in [4.78, 5) is 39.9. The Balaban J connectivity index is 1.59. The number of β-amino-alcohol motifs (C(OH)–C–C–N with tert-alkyl or cyclic N) is 1. The molecule has 0 aromatic carbocycles. The molecule has 0 bridgehead atoms. The number of piperidine rings is 1. The number of aliphatic hydroxyl groups excluding tert-OH is 1. The van der Waals surface area contributed by atoms with E-state index < -0.39 is 6.10 Å². The molecular formula is C27H40N6O4. The van der Waals surface area contributed by atoms with Crippen molar-refractivity contribution in [1.29, 1.82) is 0 Å². The molecule has 2 saturated heterocycles. The average Bonchev–Trinajstić information content (AvgIpc) is 3.36. The Labute approximate surface area is 218 Å². The Morgan fingerprint density at radius 3 is 2.68 bits per heavy atom. The molecule has 2 fully saturated rings. The number of likely N-dealkylation sites (tertiary alicyclic amines) is 1. The highest BCUT2D eigenvalue weighted by molar-refractivity contribution is 5.98. The number of rotatable bonds is 8. The molecule has 0 saturated carbocycles. The highest BCUT2D eigenvalue weighted by Crippen LogP contribution is 2.27. The van der Waals surface area contributed by atoms with Gasteiger partial charge >= 0.3 is 0 Å². The SMILES string of the molecule is CC(C)CN(C(=O)c1cnc(C(C)(C)C)nc1NCc1ccco1)[C@@H]1CNC[C@H](C(=O)N2CC(O)C2)C1. The Hall–Kier alpha value is -2.98. The van der Waals surface area contributed by atoms with E-state index in [9.17, 15) is 14.7 Å². The molecule has 2 atom stereocenters.